The van der Waals surface area contributed by atoms with Gasteiger partial charge in [0, 0.05) is 43.3 Å². The zero-order valence-electron chi connectivity index (χ0n) is 14.1. The van der Waals surface area contributed by atoms with Crippen LogP contribution in [0.15, 0.2) is 29.3 Å². The normalized spacial score (nSPS) is 14.2. The predicted octanol–water partition coefficient (Wildman–Crippen LogP) is 3.74. The Kier molecular flexibility index (Phi) is 10.1. The Labute approximate surface area is 166 Å². The minimum absolute atomic E-state index is 0. The van der Waals surface area contributed by atoms with Crippen molar-refractivity contribution >= 4 is 53.1 Å². The molecule has 1 aliphatic rings. The standard InChI is InChI=1S/C17H25ClN4O.HI/c1-2-19-17(22-12-3-4-13-22)20-11-5-6-16(23)21-15-9-7-14(18)8-10-15;/h7-10H,2-6,11-13H2,1H3,(H,19,20)(H,21,23);1H. The van der Waals surface area contributed by atoms with Gasteiger partial charge in [0.25, 0.3) is 0 Å². The number of rotatable bonds is 6. The van der Waals surface area contributed by atoms with Gasteiger partial charge < -0.3 is 15.5 Å². The topological polar surface area (TPSA) is 56.7 Å². The lowest BCUT2D eigenvalue weighted by molar-refractivity contribution is -0.116. The Balaban J connectivity index is 0.00000288. The molecule has 0 spiro atoms. The number of nitrogens with one attached hydrogen (secondary N) is 2. The Morgan fingerprint density at radius 2 is 1.92 bits per heavy atom. The number of likely N-dealkylation sites (tertiary alicyclic amines) is 1. The zero-order chi connectivity index (χ0) is 16.5. The monoisotopic (exact) mass is 464 g/mol. The van der Waals surface area contributed by atoms with Crippen molar-refractivity contribution in [2.24, 2.45) is 4.99 Å². The first kappa shape index (κ1) is 21.0. The number of halogens is 2. The van der Waals surface area contributed by atoms with E-state index in [9.17, 15) is 4.79 Å². The summed E-state index contributed by atoms with van der Waals surface area (Å²) in [5.41, 5.74) is 0.772. The molecule has 0 aromatic heterocycles. The van der Waals surface area contributed by atoms with Gasteiger partial charge >= 0.3 is 0 Å². The molecular formula is C17H26ClIN4O. The molecule has 1 heterocycles. The van der Waals surface area contributed by atoms with Gasteiger partial charge in [-0.05, 0) is 50.5 Å². The maximum absolute atomic E-state index is 11.9. The van der Waals surface area contributed by atoms with E-state index in [0.717, 1.165) is 37.7 Å². The van der Waals surface area contributed by atoms with E-state index in [1.54, 1.807) is 24.3 Å². The molecule has 0 aliphatic carbocycles. The fourth-order valence-electron chi connectivity index (χ4n) is 2.54. The highest BCUT2D eigenvalue weighted by Gasteiger charge is 2.15. The summed E-state index contributed by atoms with van der Waals surface area (Å²) in [6.07, 6.45) is 3.66. The minimum Gasteiger partial charge on any atom is -0.357 e. The van der Waals surface area contributed by atoms with Crippen LogP contribution in [-0.2, 0) is 4.79 Å². The highest BCUT2D eigenvalue weighted by atomic mass is 127. The number of benzene rings is 1. The second-order valence-electron chi connectivity index (χ2n) is 5.59. The van der Waals surface area contributed by atoms with Crippen molar-refractivity contribution in [3.63, 3.8) is 0 Å². The van der Waals surface area contributed by atoms with Crippen molar-refractivity contribution in [1.82, 2.24) is 10.2 Å². The molecule has 1 amide bonds. The average molecular weight is 465 g/mol. The van der Waals surface area contributed by atoms with Gasteiger partial charge in [-0.25, -0.2) is 0 Å². The van der Waals surface area contributed by atoms with Gasteiger partial charge in [0.1, 0.15) is 0 Å². The van der Waals surface area contributed by atoms with Crippen molar-refractivity contribution in [1.29, 1.82) is 0 Å². The summed E-state index contributed by atoms with van der Waals surface area (Å²) < 4.78 is 0. The molecule has 1 aliphatic heterocycles. The number of guanidine groups is 1. The molecule has 0 bridgehead atoms. The molecule has 2 rings (SSSR count). The molecule has 0 radical (unpaired) electrons. The maximum atomic E-state index is 11.9. The van der Waals surface area contributed by atoms with Crippen LogP contribution in [0.3, 0.4) is 0 Å². The van der Waals surface area contributed by atoms with Gasteiger partial charge in [-0.3, -0.25) is 9.79 Å². The van der Waals surface area contributed by atoms with Crippen molar-refractivity contribution in [3.05, 3.63) is 29.3 Å². The number of nitrogens with zero attached hydrogens (tertiary/aromatic N) is 2. The van der Waals surface area contributed by atoms with Crippen LogP contribution < -0.4 is 10.6 Å². The van der Waals surface area contributed by atoms with Gasteiger partial charge in [0.05, 0.1) is 0 Å². The first-order chi connectivity index (χ1) is 11.2. The molecule has 7 heteroatoms. The van der Waals surface area contributed by atoms with Gasteiger partial charge in [-0.2, -0.15) is 0 Å². The fourth-order valence-corrected chi connectivity index (χ4v) is 2.66. The largest absolute Gasteiger partial charge is 0.357 e. The van der Waals surface area contributed by atoms with E-state index in [-0.39, 0.29) is 29.9 Å². The molecule has 24 heavy (non-hydrogen) atoms. The fraction of sp³-hybridized carbons (Fsp3) is 0.529. The van der Waals surface area contributed by atoms with Crippen LogP contribution in [-0.4, -0.2) is 42.9 Å². The molecular weight excluding hydrogens is 439 g/mol. The van der Waals surface area contributed by atoms with E-state index >= 15 is 0 Å². The molecule has 0 atom stereocenters. The Hall–Kier alpha value is -1.02. The lowest BCUT2D eigenvalue weighted by atomic mass is 10.2. The average Bonchev–Trinajstić information content (AvgIpc) is 3.07. The molecule has 0 unspecified atom stereocenters. The van der Waals surface area contributed by atoms with Crippen molar-refractivity contribution in [2.75, 3.05) is 31.5 Å². The van der Waals surface area contributed by atoms with E-state index in [4.69, 9.17) is 11.6 Å². The Morgan fingerprint density at radius 3 is 2.54 bits per heavy atom. The number of carbonyl (C=O) groups is 1. The number of aliphatic imine (C=N–C) groups is 1. The molecule has 1 aromatic carbocycles. The second kappa shape index (κ2) is 11.5. The highest BCUT2D eigenvalue weighted by Crippen LogP contribution is 2.13. The quantitative estimate of drug-likeness (QED) is 0.292. The zero-order valence-corrected chi connectivity index (χ0v) is 17.1. The smallest absolute Gasteiger partial charge is 0.224 e. The van der Waals surface area contributed by atoms with Crippen LogP contribution in [0.1, 0.15) is 32.6 Å². The van der Waals surface area contributed by atoms with E-state index in [0.29, 0.717) is 18.0 Å². The summed E-state index contributed by atoms with van der Waals surface area (Å²) >= 11 is 5.82. The highest BCUT2D eigenvalue weighted by molar-refractivity contribution is 14.0. The van der Waals surface area contributed by atoms with Crippen molar-refractivity contribution in [2.45, 2.75) is 32.6 Å². The summed E-state index contributed by atoms with van der Waals surface area (Å²) in [6, 6.07) is 7.13. The number of amides is 1. The number of carbonyl (C=O) groups excluding carboxylic acids is 1. The lowest BCUT2D eigenvalue weighted by Gasteiger charge is -2.20. The Bertz CT molecular complexity index is 530. The predicted molar refractivity (Wildman–Crippen MR) is 112 cm³/mol. The lowest BCUT2D eigenvalue weighted by Crippen LogP contribution is -2.39. The number of hydrogen-bond donors (Lipinski definition) is 2. The van der Waals surface area contributed by atoms with Crippen LogP contribution in [0.4, 0.5) is 5.69 Å². The second-order valence-corrected chi connectivity index (χ2v) is 6.02. The van der Waals surface area contributed by atoms with Crippen LogP contribution >= 0.6 is 35.6 Å². The summed E-state index contributed by atoms with van der Waals surface area (Å²) in [5, 5.41) is 6.85. The molecule has 1 saturated heterocycles. The van der Waals surface area contributed by atoms with Gasteiger partial charge in [0.2, 0.25) is 5.91 Å². The van der Waals surface area contributed by atoms with Gasteiger partial charge in [-0.1, -0.05) is 11.6 Å². The molecule has 1 fully saturated rings. The van der Waals surface area contributed by atoms with E-state index in [1.807, 2.05) is 0 Å². The SMILES string of the molecule is CCNC(=NCCCC(=O)Nc1ccc(Cl)cc1)N1CCCC1.I. The van der Waals surface area contributed by atoms with Crippen LogP contribution in [0, 0.1) is 0 Å². The minimum atomic E-state index is 0. The Morgan fingerprint density at radius 1 is 1.25 bits per heavy atom. The van der Waals surface area contributed by atoms with E-state index in [2.05, 4.69) is 27.4 Å². The van der Waals surface area contributed by atoms with Gasteiger partial charge in [0.15, 0.2) is 5.96 Å². The summed E-state index contributed by atoms with van der Waals surface area (Å²) in [6.45, 7) is 5.75. The van der Waals surface area contributed by atoms with Crippen molar-refractivity contribution in [3.8, 4) is 0 Å². The van der Waals surface area contributed by atoms with Crippen molar-refractivity contribution < 1.29 is 4.79 Å². The van der Waals surface area contributed by atoms with E-state index < -0.39 is 0 Å². The van der Waals surface area contributed by atoms with Crippen LogP contribution in [0.2, 0.25) is 5.02 Å². The number of anilines is 1. The molecule has 0 saturated carbocycles. The summed E-state index contributed by atoms with van der Waals surface area (Å²) in [7, 11) is 0. The first-order valence-electron chi connectivity index (χ1n) is 8.27. The third-order valence-electron chi connectivity index (χ3n) is 3.69. The van der Waals surface area contributed by atoms with Crippen LogP contribution in [0.25, 0.3) is 0 Å². The molecule has 134 valence electrons. The third-order valence-corrected chi connectivity index (χ3v) is 3.94. The molecule has 2 N–H and O–H groups in total. The van der Waals surface area contributed by atoms with E-state index in [1.165, 1.54) is 12.8 Å². The maximum Gasteiger partial charge on any atom is 0.224 e. The third kappa shape index (κ3) is 7.25. The molecule has 5 nitrogen and oxygen atoms in total. The first-order valence-corrected chi connectivity index (χ1v) is 8.65. The number of hydrogen-bond acceptors (Lipinski definition) is 2. The van der Waals surface area contributed by atoms with Crippen LogP contribution in [0.5, 0.6) is 0 Å². The summed E-state index contributed by atoms with van der Waals surface area (Å²) in [5.74, 6) is 0.983. The molecule has 1 aromatic rings. The summed E-state index contributed by atoms with van der Waals surface area (Å²) in [4.78, 5) is 18.8. The van der Waals surface area contributed by atoms with Gasteiger partial charge in [-0.15, -0.1) is 24.0 Å².